The average molecular weight is 171 g/mol. The molecule has 70 valence electrons. The number of nitrogens with zero attached hydrogens (tertiary/aromatic N) is 2. The van der Waals surface area contributed by atoms with Crippen molar-refractivity contribution in [1.82, 2.24) is 10.0 Å². The molecule has 0 bridgehead atoms. The van der Waals surface area contributed by atoms with Crippen LogP contribution in [0.5, 0.6) is 0 Å². The summed E-state index contributed by atoms with van der Waals surface area (Å²) in [6, 6.07) is 0. The highest BCUT2D eigenvalue weighted by molar-refractivity contribution is 5.77. The zero-order chi connectivity index (χ0) is 8.97. The van der Waals surface area contributed by atoms with Crippen molar-refractivity contribution in [2.75, 3.05) is 26.2 Å². The summed E-state index contributed by atoms with van der Waals surface area (Å²) < 4.78 is 0. The maximum absolute atomic E-state index is 11.3. The second kappa shape index (κ2) is 4.42. The van der Waals surface area contributed by atoms with Crippen LogP contribution in [-0.4, -0.2) is 42.1 Å². The predicted octanol–water partition coefficient (Wildman–Crippen LogP) is -0.196. The summed E-state index contributed by atoms with van der Waals surface area (Å²) >= 11 is 0. The fourth-order valence-corrected chi connectivity index (χ4v) is 1.51. The Kier molecular flexibility index (Phi) is 3.49. The van der Waals surface area contributed by atoms with Crippen molar-refractivity contribution in [2.24, 2.45) is 5.73 Å². The number of hydrazine groups is 1. The smallest absolute Gasteiger partial charge is 0.238 e. The molecule has 0 unspecified atom stereocenters. The van der Waals surface area contributed by atoms with Gasteiger partial charge in [-0.1, -0.05) is 6.92 Å². The number of rotatable bonds is 4. The third kappa shape index (κ3) is 1.95. The van der Waals surface area contributed by atoms with Crippen molar-refractivity contribution in [3.05, 3.63) is 0 Å². The molecule has 1 aliphatic rings. The molecule has 12 heavy (non-hydrogen) atoms. The van der Waals surface area contributed by atoms with Crippen LogP contribution in [0.1, 0.15) is 19.8 Å². The molecule has 1 rings (SSSR count). The molecule has 4 nitrogen and oxygen atoms in total. The third-order valence-electron chi connectivity index (χ3n) is 2.04. The van der Waals surface area contributed by atoms with E-state index in [-0.39, 0.29) is 5.91 Å². The summed E-state index contributed by atoms with van der Waals surface area (Å²) in [4.78, 5) is 11.3. The molecule has 0 aromatic carbocycles. The highest BCUT2D eigenvalue weighted by Gasteiger charge is 2.26. The number of amides is 1. The summed E-state index contributed by atoms with van der Waals surface area (Å²) in [5.41, 5.74) is 5.41. The van der Waals surface area contributed by atoms with Gasteiger partial charge < -0.3 is 5.73 Å². The quantitative estimate of drug-likeness (QED) is 0.637. The standard InChI is InChI=1S/C8H17N3O/c1-2-5-10-6-3-8(12)11(10)7-4-9/h2-7,9H2,1H3. The number of hydrogen-bond donors (Lipinski definition) is 1. The van der Waals surface area contributed by atoms with E-state index in [1.807, 2.05) is 0 Å². The Hall–Kier alpha value is -0.610. The maximum Gasteiger partial charge on any atom is 0.238 e. The fourth-order valence-electron chi connectivity index (χ4n) is 1.51. The SMILES string of the molecule is CCCN1CCC(=O)N1CCN. The summed E-state index contributed by atoms with van der Waals surface area (Å²) in [6.07, 6.45) is 1.73. The van der Waals surface area contributed by atoms with E-state index in [0.29, 0.717) is 19.5 Å². The van der Waals surface area contributed by atoms with Crippen LogP contribution in [0.2, 0.25) is 0 Å². The van der Waals surface area contributed by atoms with E-state index in [2.05, 4.69) is 11.9 Å². The number of carbonyl (C=O) groups excluding carboxylic acids is 1. The van der Waals surface area contributed by atoms with Gasteiger partial charge >= 0.3 is 0 Å². The van der Waals surface area contributed by atoms with Gasteiger partial charge in [0.2, 0.25) is 5.91 Å². The zero-order valence-electron chi connectivity index (χ0n) is 7.62. The summed E-state index contributed by atoms with van der Waals surface area (Å²) in [5.74, 6) is 0.217. The Balaban J connectivity index is 2.45. The largest absolute Gasteiger partial charge is 0.329 e. The van der Waals surface area contributed by atoms with Gasteiger partial charge in [-0.3, -0.25) is 9.80 Å². The van der Waals surface area contributed by atoms with Gasteiger partial charge in [0.15, 0.2) is 0 Å². The molecular formula is C8H17N3O. The first-order chi connectivity index (χ1) is 5.79. The first-order valence-electron chi connectivity index (χ1n) is 4.55. The van der Waals surface area contributed by atoms with E-state index < -0.39 is 0 Å². The Labute approximate surface area is 73.3 Å². The van der Waals surface area contributed by atoms with Crippen molar-refractivity contribution >= 4 is 5.91 Å². The predicted molar refractivity (Wildman–Crippen MR) is 47.2 cm³/mol. The second-order valence-electron chi connectivity index (χ2n) is 3.01. The van der Waals surface area contributed by atoms with Gasteiger partial charge in [-0.05, 0) is 6.42 Å². The number of carbonyl (C=O) groups is 1. The van der Waals surface area contributed by atoms with Crippen LogP contribution in [0, 0.1) is 0 Å². The van der Waals surface area contributed by atoms with Gasteiger partial charge in [0.05, 0.1) is 0 Å². The fraction of sp³-hybridized carbons (Fsp3) is 0.875. The first kappa shape index (κ1) is 9.48. The van der Waals surface area contributed by atoms with Gasteiger partial charge in [-0.2, -0.15) is 0 Å². The van der Waals surface area contributed by atoms with Crippen LogP contribution >= 0.6 is 0 Å². The summed E-state index contributed by atoms with van der Waals surface area (Å²) in [6.45, 7) is 5.16. The summed E-state index contributed by atoms with van der Waals surface area (Å²) in [7, 11) is 0. The molecule has 0 aromatic heterocycles. The van der Waals surface area contributed by atoms with E-state index in [1.165, 1.54) is 0 Å². The summed E-state index contributed by atoms with van der Waals surface area (Å²) in [5, 5.41) is 3.87. The molecule has 0 aliphatic carbocycles. The molecule has 1 saturated heterocycles. The molecule has 4 heteroatoms. The monoisotopic (exact) mass is 171 g/mol. The molecule has 1 aliphatic heterocycles. The molecule has 1 fully saturated rings. The molecule has 1 amide bonds. The lowest BCUT2D eigenvalue weighted by Gasteiger charge is -2.26. The number of nitrogens with two attached hydrogens (primary N) is 1. The van der Waals surface area contributed by atoms with Gasteiger partial charge in [-0.15, -0.1) is 0 Å². The van der Waals surface area contributed by atoms with Crippen LogP contribution in [0.4, 0.5) is 0 Å². The normalized spacial score (nSPS) is 19.2. The minimum Gasteiger partial charge on any atom is -0.329 e. The maximum atomic E-state index is 11.3. The van der Waals surface area contributed by atoms with Crippen LogP contribution in [0.3, 0.4) is 0 Å². The van der Waals surface area contributed by atoms with E-state index in [9.17, 15) is 4.79 Å². The van der Waals surface area contributed by atoms with Crippen LogP contribution in [-0.2, 0) is 4.79 Å². The highest BCUT2D eigenvalue weighted by atomic mass is 16.2. The lowest BCUT2D eigenvalue weighted by molar-refractivity contribution is -0.137. The highest BCUT2D eigenvalue weighted by Crippen LogP contribution is 2.11. The Morgan fingerprint density at radius 1 is 1.50 bits per heavy atom. The van der Waals surface area contributed by atoms with Crippen LogP contribution < -0.4 is 5.73 Å². The van der Waals surface area contributed by atoms with Crippen molar-refractivity contribution in [3.63, 3.8) is 0 Å². The van der Waals surface area contributed by atoms with Gasteiger partial charge in [0.1, 0.15) is 0 Å². The van der Waals surface area contributed by atoms with Crippen molar-refractivity contribution in [3.8, 4) is 0 Å². The van der Waals surface area contributed by atoms with Crippen LogP contribution in [0.15, 0.2) is 0 Å². The van der Waals surface area contributed by atoms with Crippen molar-refractivity contribution in [2.45, 2.75) is 19.8 Å². The Morgan fingerprint density at radius 2 is 2.25 bits per heavy atom. The molecule has 0 radical (unpaired) electrons. The Morgan fingerprint density at radius 3 is 2.83 bits per heavy atom. The molecule has 1 heterocycles. The zero-order valence-corrected chi connectivity index (χ0v) is 7.62. The third-order valence-corrected chi connectivity index (χ3v) is 2.04. The Bertz CT molecular complexity index is 160. The first-order valence-corrected chi connectivity index (χ1v) is 4.55. The number of hydrogen-bond acceptors (Lipinski definition) is 3. The van der Waals surface area contributed by atoms with Crippen LogP contribution in [0.25, 0.3) is 0 Å². The van der Waals surface area contributed by atoms with Crippen molar-refractivity contribution < 1.29 is 4.79 Å². The topological polar surface area (TPSA) is 49.6 Å². The van der Waals surface area contributed by atoms with Crippen molar-refractivity contribution in [1.29, 1.82) is 0 Å². The van der Waals surface area contributed by atoms with Gasteiger partial charge in [0.25, 0.3) is 0 Å². The van der Waals surface area contributed by atoms with E-state index in [0.717, 1.165) is 19.5 Å². The lowest BCUT2D eigenvalue weighted by atomic mass is 10.4. The lowest BCUT2D eigenvalue weighted by Crippen LogP contribution is -2.42. The van der Waals surface area contributed by atoms with Gasteiger partial charge in [0, 0.05) is 32.6 Å². The average Bonchev–Trinajstić information content (AvgIpc) is 2.37. The second-order valence-corrected chi connectivity index (χ2v) is 3.01. The van der Waals surface area contributed by atoms with Gasteiger partial charge in [-0.25, -0.2) is 5.01 Å². The minimum absolute atomic E-state index is 0.217. The molecular weight excluding hydrogens is 154 g/mol. The molecule has 2 N–H and O–H groups in total. The van der Waals surface area contributed by atoms with E-state index >= 15 is 0 Å². The molecule has 0 spiro atoms. The van der Waals surface area contributed by atoms with E-state index in [4.69, 9.17) is 5.73 Å². The minimum atomic E-state index is 0.217. The molecule has 0 atom stereocenters. The molecule has 0 saturated carbocycles. The molecule has 0 aromatic rings. The van der Waals surface area contributed by atoms with E-state index in [1.54, 1.807) is 5.01 Å².